The number of hydrogen-bond donors (Lipinski definition) is 1. The van der Waals surface area contributed by atoms with Gasteiger partial charge in [0.2, 0.25) is 5.91 Å². The molecule has 1 N–H and O–H groups in total. The molecule has 0 saturated carbocycles. The van der Waals surface area contributed by atoms with E-state index >= 15 is 0 Å². The van der Waals surface area contributed by atoms with Crippen molar-refractivity contribution in [2.45, 2.75) is 37.6 Å². The first-order chi connectivity index (χ1) is 11.8. The monoisotopic (exact) mass is 366 g/mol. The molecular formula is C18H26N2O4S. The second-order valence-electron chi connectivity index (χ2n) is 5.91. The molecule has 138 valence electrons. The standard InChI is InChI=1S/C18H26N2O4S/c1-5-8-13(2)19-16(21)11-24-18(23)14-9-6-7-10-15(14)25-12-17(22)20(3)4/h6-7,9-10,13H,5,8,11-12H2,1-4H3,(H,19,21)/t13-/m0/s1. The Labute approximate surface area is 153 Å². The normalized spacial score (nSPS) is 11.5. The van der Waals surface area contributed by atoms with Crippen molar-refractivity contribution >= 4 is 29.5 Å². The van der Waals surface area contributed by atoms with Gasteiger partial charge in [-0.3, -0.25) is 9.59 Å². The average Bonchev–Trinajstić information content (AvgIpc) is 2.57. The maximum Gasteiger partial charge on any atom is 0.339 e. The lowest BCUT2D eigenvalue weighted by atomic mass is 10.2. The molecule has 0 aliphatic heterocycles. The average molecular weight is 366 g/mol. The number of nitrogens with zero attached hydrogens (tertiary/aromatic N) is 1. The number of ether oxygens (including phenoxy) is 1. The predicted molar refractivity (Wildman–Crippen MR) is 98.7 cm³/mol. The molecule has 0 radical (unpaired) electrons. The van der Waals surface area contributed by atoms with Crippen molar-refractivity contribution in [3.8, 4) is 0 Å². The van der Waals surface area contributed by atoms with Crippen molar-refractivity contribution in [2.24, 2.45) is 0 Å². The zero-order chi connectivity index (χ0) is 18.8. The number of carbonyl (C=O) groups excluding carboxylic acids is 3. The van der Waals surface area contributed by atoms with Crippen LogP contribution in [0.3, 0.4) is 0 Å². The van der Waals surface area contributed by atoms with E-state index in [1.165, 1.54) is 16.7 Å². The highest BCUT2D eigenvalue weighted by Crippen LogP contribution is 2.23. The van der Waals surface area contributed by atoms with Crippen molar-refractivity contribution in [2.75, 3.05) is 26.5 Å². The fourth-order valence-electron chi connectivity index (χ4n) is 2.06. The molecule has 2 amide bonds. The number of hydrogen-bond acceptors (Lipinski definition) is 5. The van der Waals surface area contributed by atoms with Gasteiger partial charge in [0.1, 0.15) is 0 Å². The number of rotatable bonds is 9. The van der Waals surface area contributed by atoms with Gasteiger partial charge in [0.05, 0.1) is 11.3 Å². The molecule has 0 aliphatic carbocycles. The Morgan fingerprint density at radius 3 is 2.56 bits per heavy atom. The highest BCUT2D eigenvalue weighted by atomic mass is 32.2. The van der Waals surface area contributed by atoms with Gasteiger partial charge in [0.15, 0.2) is 6.61 Å². The molecule has 0 aromatic heterocycles. The summed E-state index contributed by atoms with van der Waals surface area (Å²) in [5, 5.41) is 2.78. The Morgan fingerprint density at radius 2 is 1.92 bits per heavy atom. The number of carbonyl (C=O) groups is 3. The van der Waals surface area contributed by atoms with E-state index in [2.05, 4.69) is 5.32 Å². The van der Waals surface area contributed by atoms with Crippen molar-refractivity contribution < 1.29 is 19.1 Å². The van der Waals surface area contributed by atoms with Crippen molar-refractivity contribution in [3.05, 3.63) is 29.8 Å². The summed E-state index contributed by atoms with van der Waals surface area (Å²) in [6.45, 7) is 3.64. The summed E-state index contributed by atoms with van der Waals surface area (Å²) in [4.78, 5) is 37.9. The molecule has 6 nitrogen and oxygen atoms in total. The molecule has 0 bridgehead atoms. The molecule has 1 aromatic carbocycles. The van der Waals surface area contributed by atoms with Crippen LogP contribution >= 0.6 is 11.8 Å². The van der Waals surface area contributed by atoms with Crippen LogP contribution in [0.1, 0.15) is 37.0 Å². The molecule has 0 saturated heterocycles. The lowest BCUT2D eigenvalue weighted by Crippen LogP contribution is -2.35. The van der Waals surface area contributed by atoms with Gasteiger partial charge in [-0.15, -0.1) is 11.8 Å². The smallest absolute Gasteiger partial charge is 0.339 e. The van der Waals surface area contributed by atoms with Crippen LogP contribution in [-0.2, 0) is 14.3 Å². The molecular weight excluding hydrogens is 340 g/mol. The summed E-state index contributed by atoms with van der Waals surface area (Å²) in [7, 11) is 3.36. The van der Waals surface area contributed by atoms with Gasteiger partial charge >= 0.3 is 5.97 Å². The van der Waals surface area contributed by atoms with E-state index in [1.807, 2.05) is 13.8 Å². The zero-order valence-corrected chi connectivity index (χ0v) is 16.0. The summed E-state index contributed by atoms with van der Waals surface area (Å²) >= 11 is 1.27. The summed E-state index contributed by atoms with van der Waals surface area (Å²) in [6, 6.07) is 6.95. The number of esters is 1. The van der Waals surface area contributed by atoms with E-state index in [0.29, 0.717) is 10.5 Å². The van der Waals surface area contributed by atoms with Crippen LogP contribution in [0.5, 0.6) is 0 Å². The van der Waals surface area contributed by atoms with Crippen LogP contribution in [-0.4, -0.2) is 55.2 Å². The third-order valence-electron chi connectivity index (χ3n) is 3.42. The van der Waals surface area contributed by atoms with Gasteiger partial charge in [-0.05, 0) is 25.5 Å². The molecule has 0 heterocycles. The van der Waals surface area contributed by atoms with Crippen LogP contribution in [0.15, 0.2) is 29.2 Å². The second-order valence-corrected chi connectivity index (χ2v) is 6.92. The summed E-state index contributed by atoms with van der Waals surface area (Å²) in [5.74, 6) is -0.704. The number of thioether (sulfide) groups is 1. The molecule has 0 unspecified atom stereocenters. The van der Waals surface area contributed by atoms with E-state index in [-0.39, 0.29) is 30.2 Å². The van der Waals surface area contributed by atoms with Crippen LogP contribution in [0.25, 0.3) is 0 Å². The first-order valence-electron chi connectivity index (χ1n) is 8.23. The van der Waals surface area contributed by atoms with Crippen LogP contribution in [0, 0.1) is 0 Å². The quantitative estimate of drug-likeness (QED) is 0.536. The largest absolute Gasteiger partial charge is 0.452 e. The minimum absolute atomic E-state index is 0.0440. The summed E-state index contributed by atoms with van der Waals surface area (Å²) in [5.41, 5.74) is 0.355. The molecule has 1 aromatic rings. The predicted octanol–water partition coefficient (Wildman–Crippen LogP) is 2.33. The van der Waals surface area contributed by atoms with Gasteiger partial charge in [0, 0.05) is 25.0 Å². The summed E-state index contributed by atoms with van der Waals surface area (Å²) < 4.78 is 5.10. The highest BCUT2D eigenvalue weighted by molar-refractivity contribution is 8.00. The van der Waals surface area contributed by atoms with E-state index in [1.54, 1.807) is 38.4 Å². The minimum atomic E-state index is -0.571. The van der Waals surface area contributed by atoms with Crippen molar-refractivity contribution in [1.82, 2.24) is 10.2 Å². The third-order valence-corrected chi connectivity index (χ3v) is 4.48. The summed E-state index contributed by atoms with van der Waals surface area (Å²) in [6.07, 6.45) is 1.84. The molecule has 1 atom stereocenters. The topological polar surface area (TPSA) is 75.7 Å². The molecule has 1 rings (SSSR count). The lowest BCUT2D eigenvalue weighted by Gasteiger charge is -2.14. The van der Waals surface area contributed by atoms with E-state index in [9.17, 15) is 14.4 Å². The minimum Gasteiger partial charge on any atom is -0.452 e. The van der Waals surface area contributed by atoms with Gasteiger partial charge in [-0.25, -0.2) is 4.79 Å². The number of amides is 2. The van der Waals surface area contributed by atoms with Gasteiger partial charge in [-0.2, -0.15) is 0 Å². The Kier molecular flexibility index (Phi) is 9.05. The molecule has 0 spiro atoms. The van der Waals surface area contributed by atoms with E-state index in [4.69, 9.17) is 4.74 Å². The van der Waals surface area contributed by atoms with Crippen LogP contribution in [0.2, 0.25) is 0 Å². The maximum atomic E-state index is 12.2. The first-order valence-corrected chi connectivity index (χ1v) is 9.22. The van der Waals surface area contributed by atoms with Crippen molar-refractivity contribution in [1.29, 1.82) is 0 Å². The third kappa shape index (κ3) is 7.60. The Balaban J connectivity index is 2.60. The first kappa shape index (κ1) is 21.0. The van der Waals surface area contributed by atoms with E-state index in [0.717, 1.165) is 12.8 Å². The second kappa shape index (κ2) is 10.8. The Morgan fingerprint density at radius 1 is 1.24 bits per heavy atom. The van der Waals surface area contributed by atoms with Crippen molar-refractivity contribution in [3.63, 3.8) is 0 Å². The van der Waals surface area contributed by atoms with Gasteiger partial charge in [0.25, 0.3) is 5.91 Å². The maximum absolute atomic E-state index is 12.2. The zero-order valence-electron chi connectivity index (χ0n) is 15.2. The van der Waals surface area contributed by atoms with Crippen LogP contribution in [0.4, 0.5) is 0 Å². The molecule has 0 fully saturated rings. The fraction of sp³-hybridized carbons (Fsp3) is 0.500. The fourth-order valence-corrected chi connectivity index (χ4v) is 3.08. The Bertz CT molecular complexity index is 604. The number of nitrogens with one attached hydrogen (secondary N) is 1. The van der Waals surface area contributed by atoms with E-state index < -0.39 is 5.97 Å². The highest BCUT2D eigenvalue weighted by Gasteiger charge is 2.16. The molecule has 0 aliphatic rings. The number of benzene rings is 1. The molecule has 7 heteroatoms. The SMILES string of the molecule is CCC[C@H](C)NC(=O)COC(=O)c1ccccc1SCC(=O)N(C)C. The van der Waals surface area contributed by atoms with Crippen LogP contribution < -0.4 is 5.32 Å². The molecule has 25 heavy (non-hydrogen) atoms. The van der Waals surface area contributed by atoms with Gasteiger partial charge in [-0.1, -0.05) is 25.5 Å². The Hall–Kier alpha value is -2.02. The lowest BCUT2D eigenvalue weighted by molar-refractivity contribution is -0.126. The van der Waals surface area contributed by atoms with Gasteiger partial charge < -0.3 is 15.0 Å².